The molecular formula is C18H24N4O3. The molecule has 0 aromatic heterocycles. The average Bonchev–Trinajstić information content (AvgIpc) is 3.47. The molecule has 1 saturated carbocycles. The second kappa shape index (κ2) is 7.65. The van der Waals surface area contributed by atoms with Crippen LogP contribution in [-0.4, -0.2) is 67.3 Å². The summed E-state index contributed by atoms with van der Waals surface area (Å²) in [6.07, 6.45) is 1.93. The van der Waals surface area contributed by atoms with Gasteiger partial charge in [-0.05, 0) is 37.1 Å². The normalized spacial score (nSPS) is 17.9. The van der Waals surface area contributed by atoms with E-state index >= 15 is 0 Å². The summed E-state index contributed by atoms with van der Waals surface area (Å²) in [5, 5.41) is 5.48. The second-order valence-electron chi connectivity index (χ2n) is 6.58. The average molecular weight is 344 g/mol. The van der Waals surface area contributed by atoms with Gasteiger partial charge in [0.15, 0.2) is 0 Å². The molecule has 1 aliphatic carbocycles. The van der Waals surface area contributed by atoms with Crippen molar-refractivity contribution in [2.75, 3.05) is 45.1 Å². The smallest absolute Gasteiger partial charge is 0.253 e. The van der Waals surface area contributed by atoms with Crippen LogP contribution in [0.2, 0.25) is 0 Å². The lowest BCUT2D eigenvalue weighted by Gasteiger charge is -2.34. The number of likely N-dealkylation sites (N-methyl/N-ethyl adjacent to an activating group) is 1. The Morgan fingerprint density at radius 3 is 2.24 bits per heavy atom. The second-order valence-corrected chi connectivity index (χ2v) is 6.58. The van der Waals surface area contributed by atoms with Crippen molar-refractivity contribution in [1.82, 2.24) is 15.1 Å². The fourth-order valence-corrected chi connectivity index (χ4v) is 2.86. The van der Waals surface area contributed by atoms with Gasteiger partial charge in [-0.1, -0.05) is 0 Å². The minimum Gasteiger partial charge on any atom is -0.358 e. The van der Waals surface area contributed by atoms with Crippen molar-refractivity contribution in [2.45, 2.75) is 12.8 Å². The number of nitrogens with one attached hydrogen (secondary N) is 2. The third-order valence-electron chi connectivity index (χ3n) is 4.65. The third kappa shape index (κ3) is 4.57. The van der Waals surface area contributed by atoms with Gasteiger partial charge in [0.25, 0.3) is 5.91 Å². The highest BCUT2D eigenvalue weighted by Crippen LogP contribution is 2.30. The molecule has 1 aliphatic heterocycles. The molecule has 2 aliphatic rings. The predicted octanol–water partition coefficient (Wildman–Crippen LogP) is 0.539. The number of amides is 3. The van der Waals surface area contributed by atoms with Gasteiger partial charge < -0.3 is 15.5 Å². The molecule has 1 saturated heterocycles. The summed E-state index contributed by atoms with van der Waals surface area (Å²) in [6, 6.07) is 7.05. The van der Waals surface area contributed by atoms with E-state index in [0.29, 0.717) is 38.3 Å². The maximum atomic E-state index is 12.6. The van der Waals surface area contributed by atoms with Crippen LogP contribution in [0.1, 0.15) is 23.2 Å². The van der Waals surface area contributed by atoms with Crippen LogP contribution in [0, 0.1) is 5.92 Å². The van der Waals surface area contributed by atoms with Gasteiger partial charge in [0.1, 0.15) is 0 Å². The molecule has 0 atom stereocenters. The van der Waals surface area contributed by atoms with Crippen molar-refractivity contribution < 1.29 is 14.4 Å². The van der Waals surface area contributed by atoms with Crippen LogP contribution < -0.4 is 10.6 Å². The van der Waals surface area contributed by atoms with E-state index in [9.17, 15) is 14.4 Å². The zero-order chi connectivity index (χ0) is 17.8. The first-order valence-electron chi connectivity index (χ1n) is 8.70. The molecule has 7 heteroatoms. The van der Waals surface area contributed by atoms with Crippen molar-refractivity contribution in [2.24, 2.45) is 5.92 Å². The van der Waals surface area contributed by atoms with E-state index in [1.54, 1.807) is 36.2 Å². The topological polar surface area (TPSA) is 81.8 Å². The Labute approximate surface area is 147 Å². The molecule has 0 spiro atoms. The number of carbonyl (C=O) groups excluding carboxylic acids is 3. The first-order valence-corrected chi connectivity index (χ1v) is 8.70. The van der Waals surface area contributed by atoms with E-state index in [0.717, 1.165) is 18.5 Å². The standard InChI is InChI=1S/C18H24N4O3/c1-19-16(23)12-21-8-10-22(11-9-21)18(25)14-4-6-15(7-5-14)20-17(24)13-2-3-13/h4-7,13H,2-3,8-12H2,1H3,(H,19,23)(H,20,24). The molecule has 1 aromatic rings. The van der Waals surface area contributed by atoms with Gasteiger partial charge in [-0.2, -0.15) is 0 Å². The number of rotatable bonds is 5. The monoisotopic (exact) mass is 344 g/mol. The molecule has 1 heterocycles. The van der Waals surface area contributed by atoms with Crippen molar-refractivity contribution in [3.05, 3.63) is 29.8 Å². The van der Waals surface area contributed by atoms with Crippen molar-refractivity contribution in [1.29, 1.82) is 0 Å². The summed E-state index contributed by atoms with van der Waals surface area (Å²) in [5.74, 6) is 0.196. The molecule has 3 rings (SSSR count). The molecule has 0 unspecified atom stereocenters. The van der Waals surface area contributed by atoms with Crippen molar-refractivity contribution >= 4 is 23.4 Å². The Morgan fingerprint density at radius 2 is 1.68 bits per heavy atom. The molecule has 1 aromatic carbocycles. The summed E-state index contributed by atoms with van der Waals surface area (Å²) in [7, 11) is 1.62. The van der Waals surface area contributed by atoms with Crippen LogP contribution in [0.5, 0.6) is 0 Å². The maximum absolute atomic E-state index is 12.6. The molecule has 2 fully saturated rings. The van der Waals surface area contributed by atoms with Crippen molar-refractivity contribution in [3.63, 3.8) is 0 Å². The first-order chi connectivity index (χ1) is 12.1. The van der Waals surface area contributed by atoms with Crippen LogP contribution >= 0.6 is 0 Å². The number of benzene rings is 1. The largest absolute Gasteiger partial charge is 0.358 e. The fraction of sp³-hybridized carbons (Fsp3) is 0.500. The maximum Gasteiger partial charge on any atom is 0.253 e. The predicted molar refractivity (Wildman–Crippen MR) is 94.2 cm³/mol. The summed E-state index contributed by atoms with van der Waals surface area (Å²) < 4.78 is 0. The Balaban J connectivity index is 1.51. The van der Waals surface area contributed by atoms with E-state index in [2.05, 4.69) is 10.6 Å². The lowest BCUT2D eigenvalue weighted by atomic mass is 10.1. The number of hydrogen-bond acceptors (Lipinski definition) is 4. The van der Waals surface area contributed by atoms with E-state index < -0.39 is 0 Å². The third-order valence-corrected chi connectivity index (χ3v) is 4.65. The highest BCUT2D eigenvalue weighted by atomic mass is 16.2. The summed E-state index contributed by atoms with van der Waals surface area (Å²) in [5.41, 5.74) is 1.34. The van der Waals surface area contributed by atoms with E-state index in [1.165, 1.54) is 0 Å². The summed E-state index contributed by atoms with van der Waals surface area (Å²) >= 11 is 0. The fourth-order valence-electron chi connectivity index (χ4n) is 2.86. The van der Waals surface area contributed by atoms with E-state index in [1.807, 2.05) is 4.90 Å². The van der Waals surface area contributed by atoms with Crippen LogP contribution in [0.3, 0.4) is 0 Å². The Kier molecular flexibility index (Phi) is 5.33. The van der Waals surface area contributed by atoms with Crippen LogP contribution in [0.15, 0.2) is 24.3 Å². The summed E-state index contributed by atoms with van der Waals surface area (Å²) in [6.45, 7) is 2.96. The number of carbonyl (C=O) groups is 3. The Bertz CT molecular complexity index is 647. The number of nitrogens with zero attached hydrogens (tertiary/aromatic N) is 2. The Morgan fingerprint density at radius 1 is 1.04 bits per heavy atom. The van der Waals surface area contributed by atoms with E-state index in [-0.39, 0.29) is 23.6 Å². The van der Waals surface area contributed by atoms with Gasteiger partial charge in [-0.3, -0.25) is 19.3 Å². The Hall–Kier alpha value is -2.41. The molecule has 2 N–H and O–H groups in total. The molecule has 134 valence electrons. The van der Waals surface area contributed by atoms with Gasteiger partial charge in [0.05, 0.1) is 6.54 Å². The van der Waals surface area contributed by atoms with Crippen LogP contribution in [0.25, 0.3) is 0 Å². The van der Waals surface area contributed by atoms with E-state index in [4.69, 9.17) is 0 Å². The molecular weight excluding hydrogens is 320 g/mol. The highest BCUT2D eigenvalue weighted by molar-refractivity contribution is 5.96. The molecule has 25 heavy (non-hydrogen) atoms. The number of piperazine rings is 1. The summed E-state index contributed by atoms with van der Waals surface area (Å²) in [4.78, 5) is 39.6. The SMILES string of the molecule is CNC(=O)CN1CCN(C(=O)c2ccc(NC(=O)C3CC3)cc2)CC1. The molecule has 3 amide bonds. The lowest BCUT2D eigenvalue weighted by Crippen LogP contribution is -2.50. The highest BCUT2D eigenvalue weighted by Gasteiger charge is 2.29. The zero-order valence-corrected chi connectivity index (χ0v) is 14.5. The number of anilines is 1. The molecule has 0 bridgehead atoms. The quantitative estimate of drug-likeness (QED) is 0.817. The minimum atomic E-state index is -0.0142. The minimum absolute atomic E-state index is 0.0105. The van der Waals surface area contributed by atoms with Gasteiger partial charge >= 0.3 is 0 Å². The van der Waals surface area contributed by atoms with Gasteiger partial charge in [0, 0.05) is 50.4 Å². The van der Waals surface area contributed by atoms with Gasteiger partial charge in [-0.15, -0.1) is 0 Å². The van der Waals surface area contributed by atoms with Gasteiger partial charge in [0.2, 0.25) is 11.8 Å². The van der Waals surface area contributed by atoms with Crippen molar-refractivity contribution in [3.8, 4) is 0 Å². The lowest BCUT2D eigenvalue weighted by molar-refractivity contribution is -0.122. The van der Waals surface area contributed by atoms with Crippen LogP contribution in [0.4, 0.5) is 5.69 Å². The number of hydrogen-bond donors (Lipinski definition) is 2. The zero-order valence-electron chi connectivity index (χ0n) is 14.5. The first kappa shape index (κ1) is 17.4. The molecule has 7 nitrogen and oxygen atoms in total. The van der Waals surface area contributed by atoms with Gasteiger partial charge in [-0.25, -0.2) is 0 Å². The van der Waals surface area contributed by atoms with Crippen LogP contribution in [-0.2, 0) is 9.59 Å². The molecule has 0 radical (unpaired) electrons.